The molecule has 25 heavy (non-hydrogen) atoms. The Hall–Kier alpha value is -3.36. The molecule has 2 N–H and O–H groups in total. The molecule has 1 atom stereocenters. The molecule has 0 aliphatic rings. The van der Waals surface area contributed by atoms with Gasteiger partial charge < -0.3 is 10.6 Å². The van der Waals surface area contributed by atoms with Gasteiger partial charge in [-0.1, -0.05) is 6.07 Å². The highest BCUT2D eigenvalue weighted by molar-refractivity contribution is 6.01. The number of carbonyl (C=O) groups excluding carboxylic acids is 2. The second kappa shape index (κ2) is 7.47. The second-order valence-electron chi connectivity index (χ2n) is 5.12. The predicted octanol–water partition coefficient (Wildman–Crippen LogP) is 2.63. The van der Waals surface area contributed by atoms with Crippen molar-refractivity contribution in [3.63, 3.8) is 0 Å². The van der Waals surface area contributed by atoms with Crippen molar-refractivity contribution in [3.05, 3.63) is 69.8 Å². The minimum absolute atomic E-state index is 0.00168. The fourth-order valence-electron chi connectivity index (χ4n) is 1.94. The van der Waals surface area contributed by atoms with Gasteiger partial charge in [-0.05, 0) is 25.1 Å². The number of nitrogens with zero attached hydrogens (tertiary/aromatic N) is 1. The standard InChI is InChI=1S/C16H13F2N3O4/c1-9(15(22)20-14-6-5-11(17)8-13(14)18)19-16(23)10-3-2-4-12(7-10)21(24)25/h2-9H,1H3,(H,19,23)(H,20,22)/t9-/m0/s1. The molecule has 0 unspecified atom stereocenters. The highest BCUT2D eigenvalue weighted by atomic mass is 19.1. The topological polar surface area (TPSA) is 101 Å². The van der Waals surface area contributed by atoms with Crippen molar-refractivity contribution in [2.75, 3.05) is 5.32 Å². The van der Waals surface area contributed by atoms with Crippen LogP contribution >= 0.6 is 0 Å². The van der Waals surface area contributed by atoms with E-state index in [1.165, 1.54) is 25.1 Å². The summed E-state index contributed by atoms with van der Waals surface area (Å²) in [4.78, 5) is 34.1. The van der Waals surface area contributed by atoms with Gasteiger partial charge in [-0.2, -0.15) is 0 Å². The minimum atomic E-state index is -1.06. The quantitative estimate of drug-likeness (QED) is 0.640. The first-order chi connectivity index (χ1) is 11.8. The summed E-state index contributed by atoms with van der Waals surface area (Å²) in [6, 6.07) is 6.57. The summed E-state index contributed by atoms with van der Waals surface area (Å²) >= 11 is 0. The van der Waals surface area contributed by atoms with Crippen molar-refractivity contribution in [1.82, 2.24) is 5.32 Å². The van der Waals surface area contributed by atoms with E-state index in [9.17, 15) is 28.5 Å². The molecule has 0 aromatic heterocycles. The molecule has 0 heterocycles. The molecular weight excluding hydrogens is 336 g/mol. The van der Waals surface area contributed by atoms with E-state index in [0.29, 0.717) is 6.07 Å². The van der Waals surface area contributed by atoms with Crippen molar-refractivity contribution >= 4 is 23.2 Å². The van der Waals surface area contributed by atoms with Gasteiger partial charge in [0.15, 0.2) is 0 Å². The summed E-state index contributed by atoms with van der Waals surface area (Å²) in [6.45, 7) is 1.35. The number of anilines is 1. The van der Waals surface area contributed by atoms with Gasteiger partial charge in [-0.25, -0.2) is 8.78 Å². The first-order valence-electron chi connectivity index (χ1n) is 7.09. The number of nitro benzene ring substituents is 1. The van der Waals surface area contributed by atoms with E-state index in [1.54, 1.807) is 0 Å². The molecule has 130 valence electrons. The van der Waals surface area contributed by atoms with E-state index in [1.807, 2.05) is 0 Å². The van der Waals surface area contributed by atoms with Gasteiger partial charge in [0, 0.05) is 23.8 Å². The molecule has 0 bridgehead atoms. The summed E-state index contributed by atoms with van der Waals surface area (Å²) in [5.41, 5.74) is -0.497. The Balaban J connectivity index is 2.04. The molecule has 0 spiro atoms. The van der Waals surface area contributed by atoms with Crippen LogP contribution in [0, 0.1) is 21.7 Å². The number of non-ortho nitro benzene ring substituents is 1. The zero-order valence-corrected chi connectivity index (χ0v) is 13.0. The van der Waals surface area contributed by atoms with Crippen molar-refractivity contribution in [1.29, 1.82) is 0 Å². The molecule has 0 saturated carbocycles. The molecule has 0 aliphatic carbocycles. The fourth-order valence-corrected chi connectivity index (χ4v) is 1.94. The lowest BCUT2D eigenvalue weighted by Crippen LogP contribution is -2.41. The average molecular weight is 349 g/mol. The zero-order chi connectivity index (χ0) is 18.6. The fraction of sp³-hybridized carbons (Fsp3) is 0.125. The first-order valence-corrected chi connectivity index (χ1v) is 7.09. The lowest BCUT2D eigenvalue weighted by Gasteiger charge is -2.14. The maximum absolute atomic E-state index is 13.5. The first kappa shape index (κ1) is 18.0. The van der Waals surface area contributed by atoms with Gasteiger partial charge in [0.1, 0.15) is 17.7 Å². The molecular formula is C16H13F2N3O4. The van der Waals surface area contributed by atoms with Crippen LogP contribution in [0.25, 0.3) is 0 Å². The minimum Gasteiger partial charge on any atom is -0.341 e. The van der Waals surface area contributed by atoms with Crippen molar-refractivity contribution in [3.8, 4) is 0 Å². The highest BCUT2D eigenvalue weighted by Crippen LogP contribution is 2.16. The van der Waals surface area contributed by atoms with Crippen LogP contribution in [-0.4, -0.2) is 22.8 Å². The largest absolute Gasteiger partial charge is 0.341 e. The van der Waals surface area contributed by atoms with E-state index >= 15 is 0 Å². The van der Waals surface area contributed by atoms with Gasteiger partial charge in [0.25, 0.3) is 11.6 Å². The van der Waals surface area contributed by atoms with E-state index in [0.717, 1.165) is 18.2 Å². The van der Waals surface area contributed by atoms with Crippen LogP contribution in [0.4, 0.5) is 20.2 Å². The summed E-state index contributed by atoms with van der Waals surface area (Å²) in [6.07, 6.45) is 0. The van der Waals surface area contributed by atoms with Gasteiger partial charge in [0.05, 0.1) is 10.6 Å². The van der Waals surface area contributed by atoms with E-state index in [4.69, 9.17) is 0 Å². The Morgan fingerprint density at radius 2 is 1.88 bits per heavy atom. The molecule has 2 rings (SSSR count). The van der Waals surface area contributed by atoms with Crippen LogP contribution in [0.1, 0.15) is 17.3 Å². The van der Waals surface area contributed by atoms with Crippen molar-refractivity contribution in [2.24, 2.45) is 0 Å². The summed E-state index contributed by atoms with van der Waals surface area (Å²) < 4.78 is 26.4. The van der Waals surface area contributed by atoms with Crippen LogP contribution in [-0.2, 0) is 4.79 Å². The number of nitrogens with one attached hydrogen (secondary N) is 2. The maximum atomic E-state index is 13.5. The second-order valence-corrected chi connectivity index (χ2v) is 5.12. The molecule has 7 nitrogen and oxygen atoms in total. The lowest BCUT2D eigenvalue weighted by molar-refractivity contribution is -0.384. The normalized spacial score (nSPS) is 11.5. The van der Waals surface area contributed by atoms with Crippen LogP contribution in [0.2, 0.25) is 0 Å². The van der Waals surface area contributed by atoms with Gasteiger partial charge in [-0.3, -0.25) is 19.7 Å². The molecule has 0 fully saturated rings. The highest BCUT2D eigenvalue weighted by Gasteiger charge is 2.19. The maximum Gasteiger partial charge on any atom is 0.270 e. The van der Waals surface area contributed by atoms with Gasteiger partial charge >= 0.3 is 0 Å². The predicted molar refractivity (Wildman–Crippen MR) is 85.0 cm³/mol. The Labute approximate surface area is 140 Å². The van der Waals surface area contributed by atoms with E-state index in [-0.39, 0.29) is 16.9 Å². The third-order valence-corrected chi connectivity index (χ3v) is 3.25. The third-order valence-electron chi connectivity index (χ3n) is 3.25. The third kappa shape index (κ3) is 4.56. The number of hydrogen-bond donors (Lipinski definition) is 2. The van der Waals surface area contributed by atoms with Crippen LogP contribution in [0.5, 0.6) is 0 Å². The summed E-state index contributed by atoms with van der Waals surface area (Å²) in [5.74, 6) is -3.18. The van der Waals surface area contributed by atoms with E-state index in [2.05, 4.69) is 10.6 Å². The number of amides is 2. The van der Waals surface area contributed by atoms with Gasteiger partial charge in [0.2, 0.25) is 5.91 Å². The van der Waals surface area contributed by atoms with Crippen LogP contribution in [0.3, 0.4) is 0 Å². The number of carbonyl (C=O) groups is 2. The van der Waals surface area contributed by atoms with E-state index < -0.39 is 34.4 Å². The van der Waals surface area contributed by atoms with Crippen molar-refractivity contribution < 1.29 is 23.3 Å². The van der Waals surface area contributed by atoms with Crippen LogP contribution in [0.15, 0.2) is 42.5 Å². The monoisotopic (exact) mass is 349 g/mol. The molecule has 0 saturated heterocycles. The summed E-state index contributed by atoms with van der Waals surface area (Å²) in [5, 5.41) is 15.3. The lowest BCUT2D eigenvalue weighted by atomic mass is 10.1. The SMILES string of the molecule is C[C@H](NC(=O)c1cccc([N+](=O)[O-])c1)C(=O)Nc1ccc(F)cc1F. The molecule has 0 aliphatic heterocycles. The zero-order valence-electron chi connectivity index (χ0n) is 13.0. The average Bonchev–Trinajstić information content (AvgIpc) is 2.57. The van der Waals surface area contributed by atoms with Crippen LogP contribution < -0.4 is 10.6 Å². The van der Waals surface area contributed by atoms with Gasteiger partial charge in [-0.15, -0.1) is 0 Å². The molecule has 0 radical (unpaired) electrons. The Morgan fingerprint density at radius 3 is 2.52 bits per heavy atom. The molecule has 9 heteroatoms. The number of nitro groups is 1. The van der Waals surface area contributed by atoms with Crippen molar-refractivity contribution in [2.45, 2.75) is 13.0 Å². The number of hydrogen-bond acceptors (Lipinski definition) is 4. The Morgan fingerprint density at radius 1 is 1.16 bits per heavy atom. The molecule has 2 amide bonds. The number of rotatable bonds is 5. The summed E-state index contributed by atoms with van der Waals surface area (Å²) in [7, 11) is 0. The number of halogens is 2. The Kier molecular flexibility index (Phi) is 5.38. The smallest absolute Gasteiger partial charge is 0.270 e. The molecule has 2 aromatic rings. The number of benzene rings is 2. The Bertz CT molecular complexity index is 842. The molecule has 2 aromatic carbocycles.